The number of H-pyrrole nitrogens is 2. The molecule has 0 spiro atoms. The van der Waals surface area contributed by atoms with E-state index in [-0.39, 0.29) is 0 Å². The van der Waals surface area contributed by atoms with E-state index in [9.17, 15) is 0 Å². The fourth-order valence-electron chi connectivity index (χ4n) is 4.25. The molecule has 6 nitrogen and oxygen atoms in total. The zero-order valence-electron chi connectivity index (χ0n) is 15.8. The molecule has 1 aliphatic rings. The van der Waals surface area contributed by atoms with E-state index in [1.165, 1.54) is 35.9 Å². The van der Waals surface area contributed by atoms with E-state index in [4.69, 9.17) is 0 Å². The summed E-state index contributed by atoms with van der Waals surface area (Å²) >= 11 is 0. The number of hydrogen-bond acceptors (Lipinski definition) is 4. The molecule has 28 heavy (non-hydrogen) atoms. The smallest absolute Gasteiger partial charge is 0.156 e. The molecule has 1 unspecified atom stereocenters. The molecule has 5 rings (SSSR count). The van der Waals surface area contributed by atoms with E-state index >= 15 is 0 Å². The number of benzene rings is 1. The number of nitrogens with zero attached hydrogens (tertiary/aromatic N) is 4. The molecule has 1 aromatic carbocycles. The molecular formula is C22H24N6. The van der Waals surface area contributed by atoms with Crippen LogP contribution in [-0.4, -0.2) is 42.9 Å². The molecule has 1 aliphatic heterocycles. The fourth-order valence-corrected chi connectivity index (χ4v) is 4.25. The van der Waals surface area contributed by atoms with Crippen molar-refractivity contribution >= 4 is 10.9 Å². The largest absolute Gasteiger partial charge is 0.361 e. The van der Waals surface area contributed by atoms with Crippen LogP contribution in [0.4, 0.5) is 0 Å². The third-order valence-electron chi connectivity index (χ3n) is 5.59. The zero-order chi connectivity index (χ0) is 18.8. The van der Waals surface area contributed by atoms with Gasteiger partial charge in [0.1, 0.15) is 12.0 Å². The van der Waals surface area contributed by atoms with Crippen molar-refractivity contribution in [2.45, 2.75) is 25.8 Å². The lowest BCUT2D eigenvalue weighted by Gasteiger charge is -2.32. The summed E-state index contributed by atoms with van der Waals surface area (Å²) in [6.45, 7) is 3.29. The lowest BCUT2D eigenvalue weighted by atomic mass is 9.92. The van der Waals surface area contributed by atoms with Crippen LogP contribution >= 0.6 is 0 Å². The molecule has 142 valence electrons. The quantitative estimate of drug-likeness (QED) is 0.559. The summed E-state index contributed by atoms with van der Waals surface area (Å²) in [5.74, 6) is 1.43. The number of aromatic amines is 2. The lowest BCUT2D eigenvalue weighted by molar-refractivity contribution is 0.166. The predicted molar refractivity (Wildman–Crippen MR) is 110 cm³/mol. The summed E-state index contributed by atoms with van der Waals surface area (Å²) in [5.41, 5.74) is 4.55. The van der Waals surface area contributed by atoms with Crippen LogP contribution in [0.2, 0.25) is 0 Å². The van der Waals surface area contributed by atoms with Gasteiger partial charge < -0.3 is 9.97 Å². The molecule has 0 bridgehead atoms. The third kappa shape index (κ3) is 3.68. The number of piperidine rings is 1. The fraction of sp³-hybridized carbons (Fsp3) is 0.318. The highest BCUT2D eigenvalue weighted by atomic mass is 15.1. The minimum absolute atomic E-state index is 0.627. The lowest BCUT2D eigenvalue weighted by Crippen LogP contribution is -2.35. The Morgan fingerprint density at radius 2 is 2.04 bits per heavy atom. The maximum absolute atomic E-state index is 4.51. The van der Waals surface area contributed by atoms with Gasteiger partial charge in [0.2, 0.25) is 0 Å². The van der Waals surface area contributed by atoms with Gasteiger partial charge in [-0.1, -0.05) is 12.1 Å². The maximum atomic E-state index is 4.51. The second-order valence-electron chi connectivity index (χ2n) is 7.68. The first kappa shape index (κ1) is 17.1. The number of rotatable bonds is 5. The molecule has 6 heteroatoms. The van der Waals surface area contributed by atoms with Gasteiger partial charge in [0.15, 0.2) is 5.82 Å². The Balaban J connectivity index is 1.25. The van der Waals surface area contributed by atoms with E-state index in [0.29, 0.717) is 5.92 Å². The Morgan fingerprint density at radius 3 is 2.96 bits per heavy atom. The minimum Gasteiger partial charge on any atom is -0.361 e. The van der Waals surface area contributed by atoms with Crippen LogP contribution < -0.4 is 0 Å². The van der Waals surface area contributed by atoms with Gasteiger partial charge in [0.05, 0.1) is 0 Å². The summed E-state index contributed by atoms with van der Waals surface area (Å²) in [4.78, 5) is 22.2. The van der Waals surface area contributed by atoms with Crippen molar-refractivity contribution in [3.63, 3.8) is 0 Å². The van der Waals surface area contributed by atoms with Gasteiger partial charge in [-0.3, -0.25) is 4.90 Å². The molecular weight excluding hydrogens is 348 g/mol. The third-order valence-corrected chi connectivity index (χ3v) is 5.59. The topological polar surface area (TPSA) is 73.5 Å². The Morgan fingerprint density at radius 1 is 1.04 bits per heavy atom. The molecule has 2 N–H and O–H groups in total. The summed E-state index contributed by atoms with van der Waals surface area (Å²) < 4.78 is 0. The molecule has 0 radical (unpaired) electrons. The Bertz CT molecular complexity index is 1050. The average Bonchev–Trinajstić information content (AvgIpc) is 3.40. The highest BCUT2D eigenvalue weighted by molar-refractivity contribution is 5.79. The van der Waals surface area contributed by atoms with Crippen LogP contribution in [0.3, 0.4) is 0 Å². The summed E-state index contributed by atoms with van der Waals surface area (Å²) in [5, 5.41) is 1.27. The number of likely N-dealkylation sites (tertiary alicyclic amines) is 1. The summed E-state index contributed by atoms with van der Waals surface area (Å²) in [6.07, 6.45) is 10.7. The van der Waals surface area contributed by atoms with Gasteiger partial charge in [-0.25, -0.2) is 15.0 Å². The van der Waals surface area contributed by atoms with Crippen molar-refractivity contribution in [2.24, 2.45) is 5.92 Å². The van der Waals surface area contributed by atoms with Crippen LogP contribution in [0.5, 0.6) is 0 Å². The molecule has 1 saturated heterocycles. The molecule has 0 amide bonds. The van der Waals surface area contributed by atoms with Crippen LogP contribution in [-0.2, 0) is 13.0 Å². The minimum atomic E-state index is 0.627. The van der Waals surface area contributed by atoms with Crippen molar-refractivity contribution in [3.05, 3.63) is 66.5 Å². The van der Waals surface area contributed by atoms with Gasteiger partial charge in [0.25, 0.3) is 0 Å². The molecule has 1 fully saturated rings. The normalized spacial score (nSPS) is 17.9. The number of fused-ring (bicyclic) bond motifs is 1. The molecule has 3 aromatic heterocycles. The van der Waals surface area contributed by atoms with Crippen molar-refractivity contribution in [1.29, 1.82) is 0 Å². The summed E-state index contributed by atoms with van der Waals surface area (Å²) in [7, 11) is 0. The van der Waals surface area contributed by atoms with Crippen LogP contribution in [0.25, 0.3) is 22.4 Å². The van der Waals surface area contributed by atoms with Gasteiger partial charge in [0, 0.05) is 42.9 Å². The van der Waals surface area contributed by atoms with Gasteiger partial charge >= 0.3 is 0 Å². The standard InChI is InChI=1S/C22H24N6/c1-2-16(10-19-12-21(27-15-26-19)22-24-7-8-25-22)13-28(9-1)14-17-3-4-18-5-6-23-20(18)11-17/h3-8,11-12,15-16,23H,1-2,9-10,13-14H2,(H,24,25). The highest BCUT2D eigenvalue weighted by Gasteiger charge is 2.21. The van der Waals surface area contributed by atoms with Crippen LogP contribution in [0.15, 0.2) is 55.2 Å². The van der Waals surface area contributed by atoms with Crippen molar-refractivity contribution in [3.8, 4) is 11.5 Å². The SMILES string of the molecule is c1nc(CC2CCCN(Cc3ccc4cc[nH]c4c3)C2)cc(-c2ncc[nH]2)n1. The van der Waals surface area contributed by atoms with Gasteiger partial charge in [-0.2, -0.15) is 0 Å². The number of nitrogens with one attached hydrogen (secondary N) is 2. The number of imidazole rings is 1. The number of hydrogen-bond donors (Lipinski definition) is 2. The monoisotopic (exact) mass is 372 g/mol. The molecule has 1 atom stereocenters. The zero-order valence-corrected chi connectivity index (χ0v) is 15.8. The number of aromatic nitrogens is 5. The Kier molecular flexibility index (Phi) is 4.62. The molecule has 0 aliphatic carbocycles. The maximum Gasteiger partial charge on any atom is 0.156 e. The molecule has 0 saturated carbocycles. The van der Waals surface area contributed by atoms with Crippen molar-refractivity contribution in [1.82, 2.24) is 29.8 Å². The Hall–Kier alpha value is -2.99. The average molecular weight is 372 g/mol. The van der Waals surface area contributed by atoms with Crippen molar-refractivity contribution < 1.29 is 0 Å². The molecule has 4 aromatic rings. The Labute approximate surface area is 164 Å². The van der Waals surface area contributed by atoms with E-state index in [2.05, 4.69) is 60.2 Å². The first-order valence-electron chi connectivity index (χ1n) is 9.92. The summed E-state index contributed by atoms with van der Waals surface area (Å²) in [6, 6.07) is 10.9. The van der Waals surface area contributed by atoms with Crippen LogP contribution in [0, 0.1) is 5.92 Å². The van der Waals surface area contributed by atoms with Crippen LogP contribution in [0.1, 0.15) is 24.1 Å². The highest BCUT2D eigenvalue weighted by Crippen LogP contribution is 2.23. The first-order chi connectivity index (χ1) is 13.8. The molecule has 4 heterocycles. The van der Waals surface area contributed by atoms with E-state index in [1.807, 2.05) is 12.4 Å². The van der Waals surface area contributed by atoms with Crippen molar-refractivity contribution in [2.75, 3.05) is 13.1 Å². The van der Waals surface area contributed by atoms with E-state index in [1.54, 1.807) is 12.5 Å². The van der Waals surface area contributed by atoms with Gasteiger partial charge in [-0.15, -0.1) is 0 Å². The second kappa shape index (κ2) is 7.56. The van der Waals surface area contributed by atoms with E-state index in [0.717, 1.165) is 36.7 Å². The predicted octanol–water partition coefficient (Wildman–Crippen LogP) is 3.80. The van der Waals surface area contributed by atoms with E-state index < -0.39 is 0 Å². The van der Waals surface area contributed by atoms with Gasteiger partial charge in [-0.05, 0) is 60.9 Å². The first-order valence-corrected chi connectivity index (χ1v) is 9.92. The second-order valence-corrected chi connectivity index (χ2v) is 7.68.